The summed E-state index contributed by atoms with van der Waals surface area (Å²) in [5.74, 6) is 0.442. The van der Waals surface area contributed by atoms with Crippen LogP contribution in [0.3, 0.4) is 0 Å². The number of nitrogens with one attached hydrogen (secondary N) is 1. The molecule has 0 aliphatic heterocycles. The SMILES string of the molecule is CN(C)c1nc2cc(C(=O)NC3CCCC3)sc2n1-c1ccc(F)cc1. The van der Waals surface area contributed by atoms with Crippen LogP contribution >= 0.6 is 11.3 Å². The number of carbonyl (C=O) groups is 1. The molecule has 0 radical (unpaired) electrons. The minimum absolute atomic E-state index is 0.0306. The van der Waals surface area contributed by atoms with E-state index >= 15 is 0 Å². The molecule has 2 heterocycles. The largest absolute Gasteiger partial charge is 0.349 e. The monoisotopic (exact) mass is 372 g/mol. The lowest BCUT2D eigenvalue weighted by Gasteiger charge is -2.15. The highest BCUT2D eigenvalue weighted by Gasteiger charge is 2.22. The average Bonchev–Trinajstić information content (AvgIpc) is 3.30. The molecule has 26 heavy (non-hydrogen) atoms. The number of fused-ring (bicyclic) bond motifs is 1. The van der Waals surface area contributed by atoms with Gasteiger partial charge in [-0.3, -0.25) is 9.36 Å². The molecule has 1 aromatic carbocycles. The van der Waals surface area contributed by atoms with Crippen LogP contribution in [0.4, 0.5) is 10.3 Å². The van der Waals surface area contributed by atoms with E-state index in [4.69, 9.17) is 0 Å². The molecule has 3 aromatic rings. The number of thiophene rings is 1. The second-order valence-electron chi connectivity index (χ2n) is 6.87. The van der Waals surface area contributed by atoms with Crippen LogP contribution in [0.25, 0.3) is 16.0 Å². The minimum atomic E-state index is -0.278. The van der Waals surface area contributed by atoms with E-state index in [0.717, 1.165) is 34.8 Å². The van der Waals surface area contributed by atoms with Crippen LogP contribution < -0.4 is 10.2 Å². The topological polar surface area (TPSA) is 50.2 Å². The molecule has 1 saturated carbocycles. The quantitative estimate of drug-likeness (QED) is 0.754. The first kappa shape index (κ1) is 17.0. The fraction of sp³-hybridized carbons (Fsp3) is 0.368. The average molecular weight is 372 g/mol. The number of aromatic nitrogens is 2. The standard InChI is InChI=1S/C19H21FN4OS/c1-23(2)19-22-15-11-16(17(25)21-13-5-3-4-6-13)26-18(15)24(19)14-9-7-12(20)8-10-14/h7-11,13H,3-6H2,1-2H3,(H,21,25). The van der Waals surface area contributed by atoms with E-state index in [-0.39, 0.29) is 17.8 Å². The number of anilines is 1. The van der Waals surface area contributed by atoms with E-state index in [1.165, 1.54) is 36.3 Å². The van der Waals surface area contributed by atoms with Gasteiger partial charge in [0.05, 0.1) is 10.6 Å². The number of rotatable bonds is 4. The van der Waals surface area contributed by atoms with Gasteiger partial charge < -0.3 is 10.2 Å². The Bertz CT molecular complexity index is 939. The molecule has 1 aliphatic rings. The summed E-state index contributed by atoms with van der Waals surface area (Å²) < 4.78 is 15.3. The first-order valence-electron chi connectivity index (χ1n) is 8.79. The molecule has 5 nitrogen and oxygen atoms in total. The zero-order valence-electron chi connectivity index (χ0n) is 14.8. The summed E-state index contributed by atoms with van der Waals surface area (Å²) in [6.45, 7) is 0. The smallest absolute Gasteiger partial charge is 0.261 e. The van der Waals surface area contributed by atoms with Crippen molar-refractivity contribution in [3.8, 4) is 5.69 Å². The van der Waals surface area contributed by atoms with Crippen molar-refractivity contribution < 1.29 is 9.18 Å². The van der Waals surface area contributed by atoms with Gasteiger partial charge in [0.15, 0.2) is 0 Å². The molecule has 0 saturated heterocycles. The van der Waals surface area contributed by atoms with Gasteiger partial charge in [-0.25, -0.2) is 9.37 Å². The molecule has 1 N–H and O–H groups in total. The van der Waals surface area contributed by atoms with Crippen LogP contribution in [-0.4, -0.2) is 35.6 Å². The lowest BCUT2D eigenvalue weighted by atomic mass is 10.2. The first-order chi connectivity index (χ1) is 12.5. The molecule has 0 unspecified atom stereocenters. The number of hydrogen-bond donors (Lipinski definition) is 1. The Morgan fingerprint density at radius 1 is 1.27 bits per heavy atom. The van der Waals surface area contributed by atoms with Gasteiger partial charge in [0.25, 0.3) is 5.91 Å². The highest BCUT2D eigenvalue weighted by atomic mass is 32.1. The lowest BCUT2D eigenvalue weighted by molar-refractivity contribution is 0.0942. The van der Waals surface area contributed by atoms with Gasteiger partial charge in [-0.2, -0.15) is 0 Å². The first-order valence-corrected chi connectivity index (χ1v) is 9.61. The summed E-state index contributed by atoms with van der Waals surface area (Å²) in [5.41, 5.74) is 1.60. The molecule has 0 bridgehead atoms. The molecule has 4 rings (SSSR count). The Morgan fingerprint density at radius 3 is 2.62 bits per heavy atom. The van der Waals surface area contributed by atoms with Crippen LogP contribution in [-0.2, 0) is 0 Å². The van der Waals surface area contributed by atoms with Gasteiger partial charge in [0, 0.05) is 20.1 Å². The predicted molar refractivity (Wildman–Crippen MR) is 103 cm³/mol. The lowest BCUT2D eigenvalue weighted by Crippen LogP contribution is -2.31. The summed E-state index contributed by atoms with van der Waals surface area (Å²) in [5, 5.41) is 3.12. The Balaban J connectivity index is 1.73. The third-order valence-electron chi connectivity index (χ3n) is 4.72. The van der Waals surface area contributed by atoms with Crippen molar-refractivity contribution in [2.75, 3.05) is 19.0 Å². The van der Waals surface area contributed by atoms with Crippen LogP contribution in [0, 0.1) is 5.82 Å². The number of nitrogens with zero attached hydrogens (tertiary/aromatic N) is 3. The molecule has 1 aliphatic carbocycles. The number of hydrogen-bond acceptors (Lipinski definition) is 4. The number of benzene rings is 1. The molecule has 0 atom stereocenters. The van der Waals surface area contributed by atoms with Crippen molar-refractivity contribution in [3.05, 3.63) is 41.0 Å². The van der Waals surface area contributed by atoms with E-state index in [9.17, 15) is 9.18 Å². The molecular weight excluding hydrogens is 351 g/mol. The maximum absolute atomic E-state index is 13.3. The number of imidazole rings is 1. The summed E-state index contributed by atoms with van der Waals surface area (Å²) in [6, 6.07) is 8.44. The van der Waals surface area contributed by atoms with Crippen LogP contribution in [0.5, 0.6) is 0 Å². The second-order valence-corrected chi connectivity index (χ2v) is 7.90. The fourth-order valence-corrected chi connectivity index (χ4v) is 4.44. The fourth-order valence-electron chi connectivity index (χ4n) is 3.42. The maximum Gasteiger partial charge on any atom is 0.261 e. The number of halogens is 1. The van der Waals surface area contributed by atoms with Gasteiger partial charge >= 0.3 is 0 Å². The third-order valence-corrected chi connectivity index (χ3v) is 5.82. The van der Waals surface area contributed by atoms with Gasteiger partial charge in [0.2, 0.25) is 5.95 Å². The van der Waals surface area contributed by atoms with Crippen molar-refractivity contribution in [3.63, 3.8) is 0 Å². The molecule has 1 fully saturated rings. The van der Waals surface area contributed by atoms with E-state index < -0.39 is 0 Å². The van der Waals surface area contributed by atoms with Gasteiger partial charge in [0.1, 0.15) is 16.2 Å². The molecule has 1 amide bonds. The van der Waals surface area contributed by atoms with Crippen LogP contribution in [0.1, 0.15) is 35.4 Å². The van der Waals surface area contributed by atoms with E-state index in [1.807, 2.05) is 29.6 Å². The number of carbonyl (C=O) groups excluding carboxylic acids is 1. The summed E-state index contributed by atoms with van der Waals surface area (Å²) in [7, 11) is 3.83. The minimum Gasteiger partial charge on any atom is -0.349 e. The van der Waals surface area contributed by atoms with Crippen molar-refractivity contribution in [1.29, 1.82) is 0 Å². The van der Waals surface area contributed by atoms with E-state index in [2.05, 4.69) is 10.3 Å². The highest BCUT2D eigenvalue weighted by molar-refractivity contribution is 7.20. The zero-order valence-corrected chi connectivity index (χ0v) is 15.6. The summed E-state index contributed by atoms with van der Waals surface area (Å²) in [6.07, 6.45) is 4.48. The third kappa shape index (κ3) is 3.07. The summed E-state index contributed by atoms with van der Waals surface area (Å²) >= 11 is 1.42. The maximum atomic E-state index is 13.3. The van der Waals surface area contributed by atoms with Crippen molar-refractivity contribution in [2.45, 2.75) is 31.7 Å². The Hall–Kier alpha value is -2.41. The van der Waals surface area contributed by atoms with Crippen molar-refractivity contribution in [1.82, 2.24) is 14.9 Å². The Labute approximate surface area is 155 Å². The van der Waals surface area contributed by atoms with E-state index in [1.54, 1.807) is 12.1 Å². The molecular formula is C19H21FN4OS. The zero-order chi connectivity index (χ0) is 18.3. The predicted octanol–water partition coefficient (Wildman–Crippen LogP) is 3.96. The normalized spacial score (nSPS) is 14.9. The van der Waals surface area contributed by atoms with E-state index in [0.29, 0.717) is 4.88 Å². The van der Waals surface area contributed by atoms with Crippen LogP contribution in [0.2, 0.25) is 0 Å². The molecule has 0 spiro atoms. The molecule has 136 valence electrons. The van der Waals surface area contributed by atoms with Crippen molar-refractivity contribution in [2.24, 2.45) is 0 Å². The Kier molecular flexibility index (Phi) is 4.40. The molecule has 7 heteroatoms. The van der Waals surface area contributed by atoms with Crippen LogP contribution in [0.15, 0.2) is 30.3 Å². The second kappa shape index (κ2) is 6.72. The number of amides is 1. The van der Waals surface area contributed by atoms with Gasteiger partial charge in [-0.05, 0) is 43.2 Å². The van der Waals surface area contributed by atoms with Gasteiger partial charge in [-0.15, -0.1) is 11.3 Å². The highest BCUT2D eigenvalue weighted by Crippen LogP contribution is 2.33. The summed E-state index contributed by atoms with van der Waals surface area (Å²) in [4.78, 5) is 20.7. The molecule has 2 aromatic heterocycles. The Morgan fingerprint density at radius 2 is 1.96 bits per heavy atom. The van der Waals surface area contributed by atoms with Crippen molar-refractivity contribution >= 4 is 33.5 Å². The van der Waals surface area contributed by atoms with Gasteiger partial charge in [-0.1, -0.05) is 12.8 Å².